The molecule has 0 bridgehead atoms. The first-order chi connectivity index (χ1) is 10.8. The van der Waals surface area contributed by atoms with Gasteiger partial charge in [0.2, 0.25) is 10.0 Å². The summed E-state index contributed by atoms with van der Waals surface area (Å²) in [7, 11) is -1.99. The topological polar surface area (TPSA) is 66.1 Å². The van der Waals surface area contributed by atoms with Crippen molar-refractivity contribution in [1.82, 2.24) is 14.5 Å². The number of aryl methyl sites for hydroxylation is 2. The molecule has 0 radical (unpaired) electrons. The second kappa shape index (κ2) is 7.23. The number of hydrogen-bond acceptors (Lipinski definition) is 3. The number of rotatable bonds is 7. The highest BCUT2D eigenvalue weighted by atomic mass is 32.2. The fraction of sp³-hybridized carbons (Fsp3) is 0.438. The third-order valence-electron chi connectivity index (χ3n) is 3.95. The van der Waals surface area contributed by atoms with Gasteiger partial charge in [0.15, 0.2) is 0 Å². The van der Waals surface area contributed by atoms with E-state index in [2.05, 4.69) is 10.2 Å². The fourth-order valence-electron chi connectivity index (χ4n) is 2.48. The highest BCUT2D eigenvalue weighted by Crippen LogP contribution is 2.15. The molecule has 2 rings (SSSR count). The van der Waals surface area contributed by atoms with Gasteiger partial charge in [-0.1, -0.05) is 18.2 Å². The molecule has 5 nitrogen and oxygen atoms in total. The van der Waals surface area contributed by atoms with Crippen LogP contribution >= 0.6 is 0 Å². The van der Waals surface area contributed by atoms with Gasteiger partial charge in [-0.15, -0.1) is 0 Å². The molecular formula is C16H22FN3O2S. The number of H-pyrrole nitrogens is 1. The maximum absolute atomic E-state index is 13.6. The van der Waals surface area contributed by atoms with Crippen molar-refractivity contribution in [2.75, 3.05) is 13.6 Å². The Kier molecular flexibility index (Phi) is 5.54. The van der Waals surface area contributed by atoms with Crippen molar-refractivity contribution in [2.45, 2.75) is 32.4 Å². The van der Waals surface area contributed by atoms with Crippen molar-refractivity contribution >= 4 is 10.0 Å². The first-order valence-electron chi connectivity index (χ1n) is 7.49. The van der Waals surface area contributed by atoms with E-state index in [9.17, 15) is 12.8 Å². The molecule has 0 saturated carbocycles. The van der Waals surface area contributed by atoms with Crippen LogP contribution in [0.2, 0.25) is 0 Å². The number of nitrogens with one attached hydrogen (secondary N) is 1. The standard InChI is InChI=1S/C16H22FN3O2S/c1-12-15(13(2)19-18-12)8-6-10-20(3)23(21,22)11-14-7-4-5-9-16(14)17/h4-5,7,9H,6,8,10-11H2,1-3H3,(H,18,19). The Morgan fingerprint density at radius 2 is 1.96 bits per heavy atom. The molecule has 0 amide bonds. The molecule has 0 aliphatic rings. The Morgan fingerprint density at radius 3 is 2.57 bits per heavy atom. The van der Waals surface area contributed by atoms with E-state index in [1.165, 1.54) is 23.5 Å². The van der Waals surface area contributed by atoms with Crippen LogP contribution in [0.5, 0.6) is 0 Å². The molecule has 0 fully saturated rings. The lowest BCUT2D eigenvalue weighted by Gasteiger charge is -2.17. The van der Waals surface area contributed by atoms with Gasteiger partial charge >= 0.3 is 0 Å². The molecule has 2 aromatic rings. The van der Waals surface area contributed by atoms with Crippen LogP contribution < -0.4 is 0 Å². The lowest BCUT2D eigenvalue weighted by Crippen LogP contribution is -2.29. The molecule has 23 heavy (non-hydrogen) atoms. The average molecular weight is 339 g/mol. The molecule has 1 aromatic heterocycles. The minimum atomic E-state index is -3.53. The third-order valence-corrected chi connectivity index (χ3v) is 5.76. The van der Waals surface area contributed by atoms with Gasteiger partial charge in [-0.05, 0) is 38.3 Å². The number of halogens is 1. The van der Waals surface area contributed by atoms with Crippen LogP contribution in [-0.2, 0) is 22.2 Å². The Morgan fingerprint density at radius 1 is 1.26 bits per heavy atom. The van der Waals surface area contributed by atoms with E-state index < -0.39 is 15.8 Å². The van der Waals surface area contributed by atoms with E-state index in [0.717, 1.165) is 23.4 Å². The quantitative estimate of drug-likeness (QED) is 0.843. The number of benzene rings is 1. The number of aromatic nitrogens is 2. The van der Waals surface area contributed by atoms with E-state index in [0.29, 0.717) is 13.0 Å². The lowest BCUT2D eigenvalue weighted by atomic mass is 10.1. The van der Waals surface area contributed by atoms with Gasteiger partial charge in [0.25, 0.3) is 0 Å². The molecule has 1 heterocycles. The largest absolute Gasteiger partial charge is 0.282 e. The fourth-order valence-corrected chi connectivity index (χ4v) is 3.74. The summed E-state index contributed by atoms with van der Waals surface area (Å²) < 4.78 is 39.6. The summed E-state index contributed by atoms with van der Waals surface area (Å²) in [6.45, 7) is 4.27. The van der Waals surface area contributed by atoms with Crippen molar-refractivity contribution in [3.63, 3.8) is 0 Å². The smallest absolute Gasteiger partial charge is 0.218 e. The normalized spacial score (nSPS) is 12.0. The van der Waals surface area contributed by atoms with Crippen LogP contribution in [0.4, 0.5) is 4.39 Å². The molecular weight excluding hydrogens is 317 g/mol. The lowest BCUT2D eigenvalue weighted by molar-refractivity contribution is 0.459. The molecule has 126 valence electrons. The maximum atomic E-state index is 13.6. The molecule has 1 N–H and O–H groups in total. The van der Waals surface area contributed by atoms with Crippen LogP contribution in [-0.4, -0.2) is 36.5 Å². The average Bonchev–Trinajstić information content (AvgIpc) is 2.81. The zero-order chi connectivity index (χ0) is 17.0. The number of sulfonamides is 1. The summed E-state index contributed by atoms with van der Waals surface area (Å²) in [5.41, 5.74) is 3.28. The zero-order valence-electron chi connectivity index (χ0n) is 13.6. The monoisotopic (exact) mass is 339 g/mol. The SMILES string of the molecule is Cc1n[nH]c(C)c1CCCN(C)S(=O)(=O)Cc1ccccc1F. The van der Waals surface area contributed by atoms with Crippen LogP contribution in [0, 0.1) is 19.7 Å². The van der Waals surface area contributed by atoms with Gasteiger partial charge in [0.05, 0.1) is 11.4 Å². The van der Waals surface area contributed by atoms with Gasteiger partial charge in [0.1, 0.15) is 5.82 Å². The van der Waals surface area contributed by atoms with Crippen molar-refractivity contribution in [3.05, 3.63) is 52.6 Å². The van der Waals surface area contributed by atoms with Crippen molar-refractivity contribution < 1.29 is 12.8 Å². The van der Waals surface area contributed by atoms with Gasteiger partial charge in [-0.25, -0.2) is 17.1 Å². The van der Waals surface area contributed by atoms with Crippen LogP contribution in [0.1, 0.15) is 28.9 Å². The van der Waals surface area contributed by atoms with E-state index in [-0.39, 0.29) is 11.3 Å². The molecule has 0 unspecified atom stereocenters. The number of aromatic amines is 1. The number of nitrogens with zero attached hydrogens (tertiary/aromatic N) is 2. The van der Waals surface area contributed by atoms with E-state index in [4.69, 9.17) is 0 Å². The summed E-state index contributed by atoms with van der Waals surface area (Å²) in [6, 6.07) is 5.96. The Balaban J connectivity index is 1.94. The van der Waals surface area contributed by atoms with Crippen LogP contribution in [0.25, 0.3) is 0 Å². The molecule has 0 spiro atoms. The number of hydrogen-bond donors (Lipinski definition) is 1. The molecule has 7 heteroatoms. The molecule has 0 aliphatic carbocycles. The predicted octanol–water partition coefficient (Wildman–Crippen LogP) is 2.56. The van der Waals surface area contributed by atoms with Gasteiger partial charge < -0.3 is 0 Å². The Labute approximate surface area is 136 Å². The summed E-state index contributed by atoms with van der Waals surface area (Å²) in [5, 5.41) is 7.05. The summed E-state index contributed by atoms with van der Waals surface area (Å²) in [5.74, 6) is -0.811. The molecule has 0 atom stereocenters. The van der Waals surface area contributed by atoms with Crippen molar-refractivity contribution in [1.29, 1.82) is 0 Å². The summed E-state index contributed by atoms with van der Waals surface area (Å²) in [6.07, 6.45) is 1.45. The first kappa shape index (κ1) is 17.6. The highest BCUT2D eigenvalue weighted by molar-refractivity contribution is 7.88. The minimum absolute atomic E-state index is 0.195. The Hall–Kier alpha value is -1.73. The molecule has 0 saturated heterocycles. The first-order valence-corrected chi connectivity index (χ1v) is 9.10. The van der Waals surface area contributed by atoms with Gasteiger partial charge in [0, 0.05) is 24.8 Å². The van der Waals surface area contributed by atoms with Crippen LogP contribution in [0.3, 0.4) is 0 Å². The maximum Gasteiger partial charge on any atom is 0.218 e. The third kappa shape index (κ3) is 4.39. The predicted molar refractivity (Wildman–Crippen MR) is 88.0 cm³/mol. The summed E-state index contributed by atoms with van der Waals surface area (Å²) in [4.78, 5) is 0. The molecule has 1 aromatic carbocycles. The Bertz CT molecular complexity index is 752. The van der Waals surface area contributed by atoms with Crippen LogP contribution in [0.15, 0.2) is 24.3 Å². The molecule has 0 aliphatic heterocycles. The van der Waals surface area contributed by atoms with E-state index in [1.807, 2.05) is 13.8 Å². The zero-order valence-corrected chi connectivity index (χ0v) is 14.5. The van der Waals surface area contributed by atoms with Gasteiger partial charge in [-0.2, -0.15) is 5.10 Å². The highest BCUT2D eigenvalue weighted by Gasteiger charge is 2.20. The van der Waals surface area contributed by atoms with E-state index in [1.54, 1.807) is 12.1 Å². The van der Waals surface area contributed by atoms with E-state index >= 15 is 0 Å². The van der Waals surface area contributed by atoms with Crippen molar-refractivity contribution in [2.24, 2.45) is 0 Å². The summed E-state index contributed by atoms with van der Waals surface area (Å²) >= 11 is 0. The second-order valence-corrected chi connectivity index (χ2v) is 7.76. The van der Waals surface area contributed by atoms with Crippen molar-refractivity contribution in [3.8, 4) is 0 Å². The minimum Gasteiger partial charge on any atom is -0.282 e. The second-order valence-electron chi connectivity index (χ2n) is 5.69. The van der Waals surface area contributed by atoms with Gasteiger partial charge in [-0.3, -0.25) is 5.10 Å².